The van der Waals surface area contributed by atoms with Crippen molar-refractivity contribution in [1.82, 2.24) is 9.55 Å². The third-order valence-corrected chi connectivity index (χ3v) is 13.6. The molecule has 1 aliphatic heterocycles. The van der Waals surface area contributed by atoms with E-state index < -0.39 is 83.7 Å². The van der Waals surface area contributed by atoms with Crippen LogP contribution in [0, 0.1) is 0 Å². The number of carbonyl (C=O) groups is 2. The van der Waals surface area contributed by atoms with E-state index in [0.29, 0.717) is 12.8 Å². The summed E-state index contributed by atoms with van der Waals surface area (Å²) in [6, 6.07) is 1.25. The number of rotatable bonds is 40. The van der Waals surface area contributed by atoms with Crippen molar-refractivity contribution >= 4 is 33.4 Å². The molecule has 3 unspecified atom stereocenters. The lowest BCUT2D eigenvalue weighted by Gasteiger charge is -2.21. The number of aliphatic hydroxyl groups is 2. The first-order chi connectivity index (χ1) is 31.7. The van der Waals surface area contributed by atoms with Crippen LogP contribution in [0.4, 0.5) is 5.82 Å². The Kier molecular flexibility index (Phi) is 31.8. The molecule has 0 bridgehead atoms. The maximum absolute atomic E-state index is 12.8. The molecule has 6 N–H and O–H groups in total. The number of unbranched alkanes of at least 4 members (excludes halogenated alkanes) is 20. The molecule has 0 saturated carbocycles. The highest BCUT2D eigenvalue weighted by Crippen LogP contribution is 2.60. The predicted molar refractivity (Wildman–Crippen MR) is 252 cm³/mol. The topological polar surface area (TPSA) is 265 Å². The average Bonchev–Trinajstić information content (AvgIpc) is 3.55. The number of esters is 2. The summed E-state index contributed by atoms with van der Waals surface area (Å²) in [4.78, 5) is 61.8. The zero-order chi connectivity index (χ0) is 48.5. The Hall–Kier alpha value is -2.76. The van der Waals surface area contributed by atoms with Gasteiger partial charge in [0.1, 0.15) is 30.7 Å². The molecule has 20 heteroatoms. The Labute approximate surface area is 392 Å². The second-order valence-corrected chi connectivity index (χ2v) is 20.0. The number of nitrogens with zero attached hydrogens (tertiary/aromatic N) is 2. The summed E-state index contributed by atoms with van der Waals surface area (Å²) in [6.45, 7) is 2.11. The number of aliphatic hydroxyl groups excluding tert-OH is 2. The van der Waals surface area contributed by atoms with Gasteiger partial charge in [-0.05, 0) is 51.0 Å². The molecule has 1 saturated heterocycles. The van der Waals surface area contributed by atoms with E-state index in [2.05, 4.69) is 47.4 Å². The normalized spacial score (nSPS) is 19.8. The summed E-state index contributed by atoms with van der Waals surface area (Å²) in [5, 5.41) is 20.9. The third kappa shape index (κ3) is 27.9. The molecule has 0 spiro atoms. The van der Waals surface area contributed by atoms with Gasteiger partial charge in [0.15, 0.2) is 12.3 Å². The molecule has 1 aromatic rings. The van der Waals surface area contributed by atoms with Crippen LogP contribution >= 0.6 is 15.6 Å². The first-order valence-corrected chi connectivity index (χ1v) is 27.3. The molecule has 2 rings (SSSR count). The molecule has 66 heavy (non-hydrogen) atoms. The minimum Gasteiger partial charge on any atom is -0.462 e. The van der Waals surface area contributed by atoms with Gasteiger partial charge in [0.2, 0.25) is 0 Å². The van der Waals surface area contributed by atoms with Gasteiger partial charge >= 0.3 is 33.3 Å². The first-order valence-electron chi connectivity index (χ1n) is 24.3. The second kappa shape index (κ2) is 35.4. The largest absolute Gasteiger partial charge is 0.481 e. The maximum Gasteiger partial charge on any atom is 0.481 e. The Balaban J connectivity index is 1.82. The number of phosphoric acid groups is 2. The van der Waals surface area contributed by atoms with Crippen molar-refractivity contribution in [2.75, 3.05) is 25.6 Å². The number of hydrogen-bond acceptors (Lipinski definition) is 15. The second-order valence-electron chi connectivity index (χ2n) is 17.0. The molecular weight excluding hydrogens is 896 g/mol. The van der Waals surface area contributed by atoms with Crippen molar-refractivity contribution in [3.8, 4) is 0 Å². The van der Waals surface area contributed by atoms with Crippen molar-refractivity contribution < 1.29 is 66.3 Å². The van der Waals surface area contributed by atoms with Crippen molar-refractivity contribution in [3.05, 3.63) is 47.1 Å². The number of hydrogen-bond donors (Lipinski definition) is 5. The SMILES string of the molecule is CCCCC/C=C\C/C=C\CCCCCCCC(=O)OC[C@H](COP(=O)(O)OP(=O)(O)OC[C@H]1O[C@@H](n2ccc(N)nc2=O)C(O)[C@H]1O)OC(=O)CCCCCCCCCCCCCCC. The van der Waals surface area contributed by atoms with Gasteiger partial charge in [-0.25, -0.2) is 13.9 Å². The van der Waals surface area contributed by atoms with E-state index in [1.165, 1.54) is 76.7 Å². The molecule has 1 fully saturated rings. The van der Waals surface area contributed by atoms with Crippen LogP contribution in [0.1, 0.15) is 187 Å². The van der Waals surface area contributed by atoms with Gasteiger partial charge in [0.05, 0.1) is 13.2 Å². The lowest BCUT2D eigenvalue weighted by Crippen LogP contribution is -2.36. The van der Waals surface area contributed by atoms with E-state index in [4.69, 9.17) is 29.0 Å². The van der Waals surface area contributed by atoms with Crippen molar-refractivity contribution in [1.29, 1.82) is 0 Å². The number of nitrogen functional groups attached to an aromatic ring is 1. The summed E-state index contributed by atoms with van der Waals surface area (Å²) >= 11 is 0. The van der Waals surface area contributed by atoms with Crippen LogP contribution in [0.5, 0.6) is 0 Å². The summed E-state index contributed by atoms with van der Waals surface area (Å²) in [5.74, 6) is -1.30. The number of ether oxygens (including phenoxy) is 3. The van der Waals surface area contributed by atoms with Crippen LogP contribution < -0.4 is 11.4 Å². The fourth-order valence-electron chi connectivity index (χ4n) is 7.23. The van der Waals surface area contributed by atoms with Gasteiger partial charge in [0, 0.05) is 19.0 Å². The molecule has 1 aromatic heterocycles. The number of carbonyl (C=O) groups excluding carboxylic acids is 2. The molecule has 0 aliphatic carbocycles. The van der Waals surface area contributed by atoms with Gasteiger partial charge in [-0.1, -0.05) is 147 Å². The Morgan fingerprint density at radius 3 is 1.80 bits per heavy atom. The highest BCUT2D eigenvalue weighted by molar-refractivity contribution is 7.61. The summed E-state index contributed by atoms with van der Waals surface area (Å²) < 4.78 is 56.7. The number of nitrogens with two attached hydrogens (primary N) is 1. The molecule has 7 atom stereocenters. The van der Waals surface area contributed by atoms with Gasteiger partial charge in [-0.2, -0.15) is 9.29 Å². The van der Waals surface area contributed by atoms with Crippen molar-refractivity contribution in [2.24, 2.45) is 0 Å². The number of anilines is 1. The highest BCUT2D eigenvalue weighted by Gasteiger charge is 2.46. The van der Waals surface area contributed by atoms with Crippen LogP contribution in [0.3, 0.4) is 0 Å². The lowest BCUT2D eigenvalue weighted by molar-refractivity contribution is -0.161. The molecule has 0 radical (unpaired) electrons. The summed E-state index contributed by atoms with van der Waals surface area (Å²) in [5.41, 5.74) is 4.58. The quantitative estimate of drug-likeness (QED) is 0.0177. The standard InChI is InChI=1S/C46H81N3O15P2/c1-3-5-7-9-11-13-15-17-18-20-21-23-25-27-29-31-41(50)59-35-38(62-42(51)32-30-28-26-24-22-19-16-14-12-10-8-6-4-2)36-60-65(55,56)64-66(57,58)61-37-39-43(52)44(53)45(63-39)49-34-33-40(47)48-46(49)54/h11,13,17-18,33-34,38-39,43-45,52-53H,3-10,12,14-16,19-32,35-37H2,1-2H3,(H,55,56)(H,57,58)(H2,47,48,54)/b13-11-,18-17-/t38-,39-,43+,44?,45-/m1/s1. The lowest BCUT2D eigenvalue weighted by atomic mass is 10.0. The molecule has 380 valence electrons. The monoisotopic (exact) mass is 978 g/mol. The average molecular weight is 978 g/mol. The minimum absolute atomic E-state index is 0.0509. The number of phosphoric ester groups is 2. The Morgan fingerprint density at radius 1 is 0.727 bits per heavy atom. The molecule has 2 heterocycles. The van der Waals surface area contributed by atoms with E-state index in [1.54, 1.807) is 0 Å². The van der Waals surface area contributed by atoms with E-state index in [9.17, 15) is 43.5 Å². The first kappa shape index (κ1) is 59.4. The van der Waals surface area contributed by atoms with Crippen molar-refractivity contribution in [3.63, 3.8) is 0 Å². The third-order valence-electron chi connectivity index (χ3n) is 11.0. The summed E-state index contributed by atoms with van der Waals surface area (Å²) in [7, 11) is -10.8. The Morgan fingerprint density at radius 2 is 1.23 bits per heavy atom. The number of allylic oxidation sites excluding steroid dienone is 4. The van der Waals surface area contributed by atoms with Crippen LogP contribution in [-0.4, -0.2) is 85.7 Å². The molecule has 0 aromatic carbocycles. The van der Waals surface area contributed by atoms with Gasteiger partial charge in [-0.15, -0.1) is 0 Å². The van der Waals surface area contributed by atoms with Crippen LogP contribution in [0.2, 0.25) is 0 Å². The van der Waals surface area contributed by atoms with E-state index >= 15 is 0 Å². The Bertz CT molecular complexity index is 1700. The van der Waals surface area contributed by atoms with Gasteiger partial charge in [0.25, 0.3) is 0 Å². The van der Waals surface area contributed by atoms with Crippen LogP contribution in [0.15, 0.2) is 41.4 Å². The zero-order valence-corrected chi connectivity index (χ0v) is 41.3. The van der Waals surface area contributed by atoms with Crippen molar-refractivity contribution in [2.45, 2.75) is 211 Å². The molecular formula is C46H81N3O15P2. The zero-order valence-electron chi connectivity index (χ0n) is 39.5. The fraction of sp³-hybridized carbons (Fsp3) is 0.783. The maximum atomic E-state index is 12.8. The smallest absolute Gasteiger partial charge is 0.462 e. The molecule has 0 amide bonds. The van der Waals surface area contributed by atoms with E-state index in [-0.39, 0.29) is 18.7 Å². The van der Waals surface area contributed by atoms with Gasteiger partial charge < -0.3 is 39.9 Å². The fourth-order valence-corrected chi connectivity index (χ4v) is 9.34. The highest BCUT2D eigenvalue weighted by atomic mass is 31.3. The van der Waals surface area contributed by atoms with Crippen LogP contribution in [-0.2, 0) is 46.3 Å². The van der Waals surface area contributed by atoms with E-state index in [0.717, 1.165) is 81.4 Å². The van der Waals surface area contributed by atoms with Gasteiger partial charge in [-0.3, -0.25) is 23.2 Å². The minimum atomic E-state index is -5.42. The summed E-state index contributed by atoms with van der Waals surface area (Å²) in [6.07, 6.45) is 28.3. The predicted octanol–water partition coefficient (Wildman–Crippen LogP) is 9.45. The number of aromatic nitrogens is 2. The van der Waals surface area contributed by atoms with E-state index in [1.807, 2.05) is 0 Å². The molecule has 1 aliphatic rings. The van der Waals surface area contributed by atoms with Crippen LogP contribution in [0.25, 0.3) is 0 Å². The molecule has 18 nitrogen and oxygen atoms in total.